The number of hydrogen-bond donors (Lipinski definition) is 1. The van der Waals surface area contributed by atoms with Crippen LogP contribution in [0.1, 0.15) is 42.7 Å². The van der Waals surface area contributed by atoms with Gasteiger partial charge in [0.15, 0.2) is 0 Å². The Morgan fingerprint density at radius 1 is 1.06 bits per heavy atom. The lowest BCUT2D eigenvalue weighted by Crippen LogP contribution is -2.42. The lowest BCUT2D eigenvalue weighted by atomic mass is 9.97. The number of hydrogen-bond acceptors (Lipinski definition) is 6. The van der Waals surface area contributed by atoms with Crippen molar-refractivity contribution in [2.24, 2.45) is 5.92 Å². The van der Waals surface area contributed by atoms with Crippen molar-refractivity contribution in [1.29, 1.82) is 0 Å². The Labute approximate surface area is 181 Å². The number of anilines is 1. The van der Waals surface area contributed by atoms with Gasteiger partial charge >= 0.3 is 18.0 Å². The maximum absolute atomic E-state index is 12.5. The van der Waals surface area contributed by atoms with E-state index in [2.05, 4.69) is 10.4 Å². The first kappa shape index (κ1) is 22.3. The van der Waals surface area contributed by atoms with E-state index < -0.39 is 5.97 Å². The minimum atomic E-state index is -0.401. The van der Waals surface area contributed by atoms with Crippen LogP contribution >= 0.6 is 0 Å². The first-order chi connectivity index (χ1) is 14.9. The molecule has 1 saturated heterocycles. The predicted octanol–water partition coefficient (Wildman–Crippen LogP) is 3.16. The number of amides is 2. The Bertz CT molecular complexity index is 930. The normalized spacial score (nSPS) is 14.2. The van der Waals surface area contributed by atoms with Gasteiger partial charge < -0.3 is 19.7 Å². The van der Waals surface area contributed by atoms with E-state index in [0.717, 1.165) is 5.69 Å². The van der Waals surface area contributed by atoms with Crippen LogP contribution in [-0.2, 0) is 14.3 Å². The summed E-state index contributed by atoms with van der Waals surface area (Å²) in [5.74, 6) is -0.722. The smallest absolute Gasteiger partial charge is 0.341 e. The minimum Gasteiger partial charge on any atom is -0.466 e. The second-order valence-corrected chi connectivity index (χ2v) is 7.27. The number of likely N-dealkylation sites (tertiary alicyclic amines) is 1. The third-order valence-electron chi connectivity index (χ3n) is 5.27. The number of rotatable bonds is 6. The molecule has 0 saturated carbocycles. The van der Waals surface area contributed by atoms with Gasteiger partial charge in [-0.05, 0) is 57.9 Å². The maximum Gasteiger partial charge on any atom is 0.341 e. The van der Waals surface area contributed by atoms with E-state index in [0.29, 0.717) is 56.1 Å². The average Bonchev–Trinajstić information content (AvgIpc) is 3.16. The van der Waals surface area contributed by atoms with E-state index in [1.807, 2.05) is 12.1 Å². The molecule has 0 radical (unpaired) electrons. The van der Waals surface area contributed by atoms with Gasteiger partial charge in [0.1, 0.15) is 5.56 Å². The van der Waals surface area contributed by atoms with E-state index in [1.165, 1.54) is 6.20 Å². The Morgan fingerprint density at radius 2 is 1.71 bits per heavy atom. The molecule has 9 heteroatoms. The topological polar surface area (TPSA) is 103 Å². The van der Waals surface area contributed by atoms with Crippen LogP contribution in [0.15, 0.2) is 30.5 Å². The summed E-state index contributed by atoms with van der Waals surface area (Å²) in [6.45, 7) is 7.05. The Kier molecular flexibility index (Phi) is 7.28. The quantitative estimate of drug-likeness (QED) is 0.709. The number of nitrogens with zero attached hydrogens (tertiary/aromatic N) is 3. The van der Waals surface area contributed by atoms with E-state index in [-0.39, 0.29) is 17.9 Å². The molecule has 1 aliphatic rings. The zero-order chi connectivity index (χ0) is 22.4. The highest BCUT2D eigenvalue weighted by atomic mass is 16.5. The molecule has 0 bridgehead atoms. The van der Waals surface area contributed by atoms with Gasteiger partial charge in [-0.1, -0.05) is 0 Å². The van der Waals surface area contributed by atoms with Crippen LogP contribution in [0, 0.1) is 12.8 Å². The molecule has 1 aromatic heterocycles. The van der Waals surface area contributed by atoms with Crippen molar-refractivity contribution in [3.8, 4) is 5.69 Å². The van der Waals surface area contributed by atoms with Gasteiger partial charge in [-0.15, -0.1) is 0 Å². The van der Waals surface area contributed by atoms with E-state index in [9.17, 15) is 14.4 Å². The molecule has 3 rings (SSSR count). The average molecular weight is 428 g/mol. The van der Waals surface area contributed by atoms with Crippen LogP contribution in [-0.4, -0.2) is 59.0 Å². The summed E-state index contributed by atoms with van der Waals surface area (Å²) < 4.78 is 11.8. The fourth-order valence-corrected chi connectivity index (χ4v) is 3.55. The third kappa shape index (κ3) is 5.22. The molecular weight excluding hydrogens is 400 g/mol. The SMILES string of the molecule is CCOC(=O)c1cnn(-c2ccc(NC(=O)N3CCC(C(=O)OCC)CC3)cc2)c1C. The van der Waals surface area contributed by atoms with Crippen molar-refractivity contribution in [1.82, 2.24) is 14.7 Å². The summed E-state index contributed by atoms with van der Waals surface area (Å²) in [6, 6.07) is 7.00. The molecule has 1 aliphatic heterocycles. The largest absolute Gasteiger partial charge is 0.466 e. The molecule has 31 heavy (non-hydrogen) atoms. The van der Waals surface area contributed by atoms with Gasteiger partial charge in [0.25, 0.3) is 0 Å². The van der Waals surface area contributed by atoms with Crippen LogP contribution in [0.4, 0.5) is 10.5 Å². The standard InChI is InChI=1S/C22H28N4O5/c1-4-30-20(27)16-10-12-25(13-11-16)22(29)24-17-6-8-18(9-7-17)26-15(3)19(14-23-26)21(28)31-5-2/h6-9,14,16H,4-5,10-13H2,1-3H3,(H,24,29). The number of carbonyl (C=O) groups excluding carboxylic acids is 3. The summed E-state index contributed by atoms with van der Waals surface area (Å²) >= 11 is 0. The van der Waals surface area contributed by atoms with Crippen LogP contribution < -0.4 is 5.32 Å². The van der Waals surface area contributed by atoms with Crippen molar-refractivity contribution >= 4 is 23.7 Å². The Morgan fingerprint density at radius 3 is 2.32 bits per heavy atom. The van der Waals surface area contributed by atoms with Crippen molar-refractivity contribution < 1.29 is 23.9 Å². The number of benzene rings is 1. The highest BCUT2D eigenvalue weighted by Crippen LogP contribution is 2.21. The molecule has 0 unspecified atom stereocenters. The zero-order valence-corrected chi connectivity index (χ0v) is 18.1. The van der Waals surface area contributed by atoms with Gasteiger partial charge in [-0.3, -0.25) is 4.79 Å². The van der Waals surface area contributed by atoms with Crippen LogP contribution in [0.25, 0.3) is 5.69 Å². The summed E-state index contributed by atoms with van der Waals surface area (Å²) in [4.78, 5) is 38.1. The van der Waals surface area contributed by atoms with Crippen LogP contribution in [0.2, 0.25) is 0 Å². The number of urea groups is 1. The second kappa shape index (κ2) is 10.1. The summed E-state index contributed by atoms with van der Waals surface area (Å²) in [5.41, 5.74) is 2.52. The molecule has 2 amide bonds. The van der Waals surface area contributed by atoms with E-state index in [4.69, 9.17) is 9.47 Å². The van der Waals surface area contributed by atoms with E-state index >= 15 is 0 Å². The molecule has 1 N–H and O–H groups in total. The van der Waals surface area contributed by atoms with Crippen LogP contribution in [0.5, 0.6) is 0 Å². The molecular formula is C22H28N4O5. The predicted molar refractivity (Wildman–Crippen MR) is 114 cm³/mol. The van der Waals surface area contributed by atoms with Gasteiger partial charge in [0.05, 0.1) is 36.7 Å². The molecule has 2 aromatic rings. The highest BCUT2D eigenvalue weighted by molar-refractivity contribution is 5.91. The number of carbonyl (C=O) groups is 3. The van der Waals surface area contributed by atoms with Crippen molar-refractivity contribution in [2.75, 3.05) is 31.6 Å². The fourth-order valence-electron chi connectivity index (χ4n) is 3.55. The fraction of sp³-hybridized carbons (Fsp3) is 0.455. The van der Waals surface area contributed by atoms with Gasteiger partial charge in [-0.25, -0.2) is 14.3 Å². The van der Waals surface area contributed by atoms with E-state index in [1.54, 1.807) is 42.5 Å². The Balaban J connectivity index is 1.58. The highest BCUT2D eigenvalue weighted by Gasteiger charge is 2.28. The number of aromatic nitrogens is 2. The monoisotopic (exact) mass is 428 g/mol. The number of nitrogens with one attached hydrogen (secondary N) is 1. The summed E-state index contributed by atoms with van der Waals surface area (Å²) in [7, 11) is 0. The molecule has 0 spiro atoms. The first-order valence-corrected chi connectivity index (χ1v) is 10.5. The molecule has 1 aromatic carbocycles. The van der Waals surface area contributed by atoms with Crippen LogP contribution in [0.3, 0.4) is 0 Å². The number of piperidine rings is 1. The second-order valence-electron chi connectivity index (χ2n) is 7.27. The van der Waals surface area contributed by atoms with Gasteiger partial charge in [0.2, 0.25) is 0 Å². The molecule has 0 aliphatic carbocycles. The minimum absolute atomic E-state index is 0.139. The molecule has 9 nitrogen and oxygen atoms in total. The molecule has 166 valence electrons. The third-order valence-corrected chi connectivity index (χ3v) is 5.27. The number of ether oxygens (including phenoxy) is 2. The lowest BCUT2D eigenvalue weighted by molar-refractivity contribution is -0.149. The zero-order valence-electron chi connectivity index (χ0n) is 18.1. The summed E-state index contributed by atoms with van der Waals surface area (Å²) in [5, 5.41) is 7.15. The van der Waals surface area contributed by atoms with Gasteiger partial charge in [0, 0.05) is 18.8 Å². The summed E-state index contributed by atoms with van der Waals surface area (Å²) in [6.07, 6.45) is 2.70. The first-order valence-electron chi connectivity index (χ1n) is 10.5. The van der Waals surface area contributed by atoms with Crippen molar-refractivity contribution in [2.45, 2.75) is 33.6 Å². The number of esters is 2. The Hall–Kier alpha value is -3.36. The van der Waals surface area contributed by atoms with Crippen molar-refractivity contribution in [3.63, 3.8) is 0 Å². The van der Waals surface area contributed by atoms with Gasteiger partial charge in [-0.2, -0.15) is 5.10 Å². The van der Waals surface area contributed by atoms with Crippen molar-refractivity contribution in [3.05, 3.63) is 41.7 Å². The molecule has 2 heterocycles. The maximum atomic E-state index is 12.5. The lowest BCUT2D eigenvalue weighted by Gasteiger charge is -2.30. The molecule has 0 atom stereocenters. The molecule has 1 fully saturated rings.